The maximum absolute atomic E-state index is 12.9. The van der Waals surface area contributed by atoms with Gasteiger partial charge in [0.2, 0.25) is 5.91 Å². The first kappa shape index (κ1) is 20.9. The molecule has 0 radical (unpaired) electrons. The van der Waals surface area contributed by atoms with Crippen molar-refractivity contribution < 1.29 is 4.79 Å². The Kier molecular flexibility index (Phi) is 6.23. The summed E-state index contributed by atoms with van der Waals surface area (Å²) >= 11 is 6.03. The summed E-state index contributed by atoms with van der Waals surface area (Å²) in [4.78, 5) is 24.9. The molecule has 0 spiro atoms. The van der Waals surface area contributed by atoms with Gasteiger partial charge in [-0.15, -0.1) is 0 Å². The van der Waals surface area contributed by atoms with E-state index in [4.69, 9.17) is 17.3 Å². The van der Waals surface area contributed by atoms with Crippen LogP contribution in [0.25, 0.3) is 11.4 Å². The van der Waals surface area contributed by atoms with Crippen molar-refractivity contribution in [2.75, 3.05) is 26.7 Å². The number of nitrogens with zero attached hydrogens (tertiary/aromatic N) is 5. The molecule has 0 atom stereocenters. The van der Waals surface area contributed by atoms with Crippen LogP contribution in [0.2, 0.25) is 5.02 Å². The van der Waals surface area contributed by atoms with E-state index in [2.05, 4.69) is 14.5 Å². The highest BCUT2D eigenvalue weighted by molar-refractivity contribution is 6.30. The zero-order chi connectivity index (χ0) is 21.8. The third-order valence-corrected chi connectivity index (χ3v) is 5.71. The lowest BCUT2D eigenvalue weighted by Gasteiger charge is -2.40. The molecule has 1 aliphatic rings. The van der Waals surface area contributed by atoms with Crippen molar-refractivity contribution in [3.63, 3.8) is 0 Å². The molecule has 0 bridgehead atoms. The van der Waals surface area contributed by atoms with Gasteiger partial charge in [0.15, 0.2) is 0 Å². The number of carbonyl (C=O) groups excluding carboxylic acids is 1. The van der Waals surface area contributed by atoms with E-state index >= 15 is 0 Å². The van der Waals surface area contributed by atoms with Crippen LogP contribution in [0.4, 0.5) is 0 Å². The van der Waals surface area contributed by atoms with E-state index in [-0.39, 0.29) is 12.5 Å². The van der Waals surface area contributed by atoms with E-state index in [0.717, 1.165) is 36.5 Å². The third kappa shape index (κ3) is 4.88. The maximum Gasteiger partial charge on any atom is 0.242 e. The van der Waals surface area contributed by atoms with Crippen LogP contribution >= 0.6 is 11.6 Å². The van der Waals surface area contributed by atoms with E-state index in [9.17, 15) is 4.79 Å². The second-order valence-corrected chi connectivity index (χ2v) is 8.22. The lowest BCUT2D eigenvalue weighted by Crippen LogP contribution is -2.53. The summed E-state index contributed by atoms with van der Waals surface area (Å²) in [6.45, 7) is 2.63. The normalized spacial score (nSPS) is 14.7. The summed E-state index contributed by atoms with van der Waals surface area (Å²) in [5, 5.41) is 0.647. The van der Waals surface area contributed by atoms with E-state index < -0.39 is 0 Å². The van der Waals surface area contributed by atoms with Gasteiger partial charge < -0.3 is 20.1 Å². The van der Waals surface area contributed by atoms with Gasteiger partial charge >= 0.3 is 0 Å². The molecule has 7 nitrogen and oxygen atoms in total. The number of hydrogen-bond acceptors (Lipinski definition) is 5. The zero-order valence-electron chi connectivity index (χ0n) is 17.4. The Balaban J connectivity index is 1.48. The van der Waals surface area contributed by atoms with Crippen LogP contribution < -0.4 is 5.73 Å². The average molecular weight is 437 g/mol. The molecule has 31 heavy (non-hydrogen) atoms. The molecule has 1 aromatic carbocycles. The van der Waals surface area contributed by atoms with Crippen molar-refractivity contribution >= 4 is 28.9 Å². The lowest BCUT2D eigenvalue weighted by atomic mass is 10.00. The summed E-state index contributed by atoms with van der Waals surface area (Å²) in [6.07, 6.45) is 8.97. The Hall–Kier alpha value is -3.32. The molecule has 3 heterocycles. The highest BCUT2D eigenvalue weighted by Gasteiger charge is 2.31. The molecule has 2 aromatic heterocycles. The first-order valence-electron chi connectivity index (χ1n) is 10.1. The Morgan fingerprint density at radius 1 is 1.10 bits per heavy atom. The highest BCUT2D eigenvalue weighted by atomic mass is 35.5. The number of likely N-dealkylation sites (N-methyl/N-ethyl adjacent to an activating group) is 1. The summed E-state index contributed by atoms with van der Waals surface area (Å²) < 4.78 is 2.05. The molecule has 1 amide bonds. The van der Waals surface area contributed by atoms with Crippen molar-refractivity contribution in [1.82, 2.24) is 24.3 Å². The average Bonchev–Trinajstić information content (AvgIpc) is 3.25. The fourth-order valence-corrected chi connectivity index (χ4v) is 3.95. The molecular weight excluding hydrogens is 412 g/mol. The van der Waals surface area contributed by atoms with E-state index in [0.29, 0.717) is 16.6 Å². The lowest BCUT2D eigenvalue weighted by molar-refractivity contribution is -0.138. The van der Waals surface area contributed by atoms with E-state index in [1.807, 2.05) is 53.6 Å². The van der Waals surface area contributed by atoms with Crippen LogP contribution in [-0.4, -0.2) is 56.9 Å². The predicted molar refractivity (Wildman–Crippen MR) is 122 cm³/mol. The molecule has 4 rings (SSSR count). The van der Waals surface area contributed by atoms with Gasteiger partial charge in [0.25, 0.3) is 0 Å². The van der Waals surface area contributed by atoms with Gasteiger partial charge in [-0.2, -0.15) is 0 Å². The molecule has 0 unspecified atom stereocenters. The maximum atomic E-state index is 12.9. The fraction of sp³-hybridized carbons (Fsp3) is 0.261. The second kappa shape index (κ2) is 9.22. The van der Waals surface area contributed by atoms with Gasteiger partial charge in [-0.05, 0) is 29.8 Å². The van der Waals surface area contributed by atoms with Crippen molar-refractivity contribution in [1.29, 1.82) is 0 Å². The number of pyridine rings is 1. The summed E-state index contributed by atoms with van der Waals surface area (Å²) in [7, 11) is 1.89. The first-order valence-corrected chi connectivity index (χ1v) is 10.5. The number of hydrogen-bond donors (Lipinski definition) is 1. The van der Waals surface area contributed by atoms with Crippen molar-refractivity contribution in [3.05, 3.63) is 83.7 Å². The van der Waals surface area contributed by atoms with Gasteiger partial charge in [0, 0.05) is 68.0 Å². The standard InChI is InChI=1S/C23H25ClN6O/c1-28(15-21(31)30-13-17(14-30)12-29-11-10-27-16-29)23(19-6-8-26-9-7-19)22(25)18-2-4-20(24)5-3-18/h2-11,16-17H,12-15,25H2,1H3/b23-22-. The SMILES string of the molecule is CN(CC(=O)N1CC(Cn2ccnc2)C1)/C(=C(\N)c1ccc(Cl)cc1)c1ccncc1. The predicted octanol–water partition coefficient (Wildman–Crippen LogP) is 2.81. The number of carbonyl (C=O) groups is 1. The van der Waals surface area contributed by atoms with Crippen LogP contribution in [0.15, 0.2) is 67.5 Å². The molecule has 1 fully saturated rings. The molecule has 8 heteroatoms. The minimum atomic E-state index is 0.0832. The number of amides is 1. The largest absolute Gasteiger partial charge is 0.397 e. The van der Waals surface area contributed by atoms with Crippen molar-refractivity contribution in [2.45, 2.75) is 6.54 Å². The van der Waals surface area contributed by atoms with Gasteiger partial charge in [-0.25, -0.2) is 4.98 Å². The van der Waals surface area contributed by atoms with Gasteiger partial charge in [0.05, 0.1) is 24.3 Å². The monoisotopic (exact) mass is 436 g/mol. The molecule has 1 aliphatic heterocycles. The number of likely N-dealkylation sites (tertiary alicyclic amines) is 1. The number of imidazole rings is 1. The van der Waals surface area contributed by atoms with Crippen LogP contribution in [-0.2, 0) is 11.3 Å². The Bertz CT molecular complexity index is 1040. The molecule has 0 saturated carbocycles. The number of benzene rings is 1. The molecule has 3 aromatic rings. The zero-order valence-corrected chi connectivity index (χ0v) is 18.1. The summed E-state index contributed by atoms with van der Waals surface area (Å²) in [6, 6.07) is 11.2. The molecule has 2 N–H and O–H groups in total. The van der Waals surface area contributed by atoms with E-state index in [1.54, 1.807) is 30.7 Å². The van der Waals surface area contributed by atoms with Crippen molar-refractivity contribution in [3.8, 4) is 0 Å². The highest BCUT2D eigenvalue weighted by Crippen LogP contribution is 2.27. The second-order valence-electron chi connectivity index (χ2n) is 7.79. The van der Waals surface area contributed by atoms with Crippen LogP contribution in [0.5, 0.6) is 0 Å². The topological polar surface area (TPSA) is 80.3 Å². The third-order valence-electron chi connectivity index (χ3n) is 5.46. The first-order chi connectivity index (χ1) is 15.0. The van der Waals surface area contributed by atoms with Gasteiger partial charge in [-0.3, -0.25) is 9.78 Å². The van der Waals surface area contributed by atoms with Gasteiger partial charge in [-0.1, -0.05) is 23.7 Å². The fourth-order valence-electron chi connectivity index (χ4n) is 3.82. The van der Waals surface area contributed by atoms with Crippen molar-refractivity contribution in [2.24, 2.45) is 11.7 Å². The number of rotatable bonds is 7. The van der Waals surface area contributed by atoms with Gasteiger partial charge in [0.1, 0.15) is 0 Å². The number of aromatic nitrogens is 3. The molecular formula is C23H25ClN6O. The molecule has 160 valence electrons. The summed E-state index contributed by atoms with van der Waals surface area (Å²) in [5.74, 6) is 0.539. The Labute approximate surface area is 186 Å². The smallest absolute Gasteiger partial charge is 0.242 e. The van der Waals surface area contributed by atoms with Crippen LogP contribution in [0.1, 0.15) is 11.1 Å². The number of halogens is 1. The molecule has 1 saturated heterocycles. The Morgan fingerprint density at radius 3 is 2.45 bits per heavy atom. The van der Waals surface area contributed by atoms with E-state index in [1.165, 1.54) is 0 Å². The minimum Gasteiger partial charge on any atom is -0.397 e. The minimum absolute atomic E-state index is 0.0832. The van der Waals surface area contributed by atoms with Crippen LogP contribution in [0.3, 0.4) is 0 Å². The molecule has 0 aliphatic carbocycles. The quantitative estimate of drug-likeness (QED) is 0.616. The summed E-state index contributed by atoms with van der Waals surface area (Å²) in [5.41, 5.74) is 9.68. The number of nitrogens with two attached hydrogens (primary N) is 1. The van der Waals surface area contributed by atoms with Crippen LogP contribution in [0, 0.1) is 5.92 Å². The Morgan fingerprint density at radius 2 is 1.81 bits per heavy atom.